The van der Waals surface area contributed by atoms with Gasteiger partial charge in [-0.15, -0.1) is 0 Å². The van der Waals surface area contributed by atoms with Crippen LogP contribution in [0.5, 0.6) is 0 Å². The first kappa shape index (κ1) is 11.1. The third-order valence-electron chi connectivity index (χ3n) is 2.80. The van der Waals surface area contributed by atoms with E-state index in [4.69, 9.17) is 11.6 Å². The highest BCUT2D eigenvalue weighted by molar-refractivity contribution is 6.30. The van der Waals surface area contributed by atoms with E-state index in [9.17, 15) is 0 Å². The minimum atomic E-state index is -0.0307. The standard InChI is InChI=1S/C14H10ClN3/c15-10-5-7-11(8-6-10)17-18-14-9-16-13-4-2-1-3-12(13)14/h1-9,14H/p+1. The number of nitrogens with zero attached hydrogens (tertiary/aromatic N) is 2. The molecule has 2 aromatic carbocycles. The number of para-hydroxylation sites is 1. The number of halogens is 1. The first-order valence-electron chi connectivity index (χ1n) is 5.68. The van der Waals surface area contributed by atoms with Gasteiger partial charge >= 0.3 is 0 Å². The van der Waals surface area contributed by atoms with Crippen molar-refractivity contribution in [2.75, 3.05) is 0 Å². The first-order chi connectivity index (χ1) is 8.83. The molecular formula is C14H11ClN3+. The van der Waals surface area contributed by atoms with Gasteiger partial charge in [-0.05, 0) is 30.3 Å². The number of hydrogen-bond donors (Lipinski definition) is 1. The number of fused-ring (bicyclic) bond motifs is 1. The fraction of sp³-hybridized carbons (Fsp3) is 0.0714. The normalized spacial score (nSPS) is 17.3. The van der Waals surface area contributed by atoms with Crippen LogP contribution in [-0.2, 0) is 0 Å². The monoisotopic (exact) mass is 256 g/mol. The second-order valence-electron chi connectivity index (χ2n) is 4.03. The maximum atomic E-state index is 5.82. The molecule has 0 aliphatic carbocycles. The van der Waals surface area contributed by atoms with Crippen molar-refractivity contribution in [3.8, 4) is 0 Å². The lowest BCUT2D eigenvalue weighted by molar-refractivity contribution is -0.344. The van der Waals surface area contributed by atoms with Gasteiger partial charge in [-0.3, -0.25) is 0 Å². The zero-order valence-corrected chi connectivity index (χ0v) is 10.3. The highest BCUT2D eigenvalue weighted by Crippen LogP contribution is 2.25. The molecule has 0 saturated carbocycles. The van der Waals surface area contributed by atoms with Crippen LogP contribution in [-0.4, -0.2) is 6.21 Å². The maximum absolute atomic E-state index is 5.82. The molecule has 4 heteroatoms. The number of hydrogen-bond acceptors (Lipinski definition) is 2. The van der Waals surface area contributed by atoms with E-state index in [1.54, 1.807) is 12.1 Å². The zero-order valence-electron chi connectivity index (χ0n) is 9.55. The molecule has 2 aromatic rings. The van der Waals surface area contributed by atoms with Crippen molar-refractivity contribution in [1.82, 2.24) is 0 Å². The fourth-order valence-corrected chi connectivity index (χ4v) is 2.00. The average molecular weight is 257 g/mol. The molecule has 1 N–H and O–H groups in total. The van der Waals surface area contributed by atoms with Gasteiger partial charge in [-0.2, -0.15) is 10.2 Å². The molecule has 0 radical (unpaired) electrons. The Kier molecular flexibility index (Phi) is 2.90. The largest absolute Gasteiger partial charge is 0.213 e. The molecule has 0 aromatic heterocycles. The highest BCUT2D eigenvalue weighted by Gasteiger charge is 2.23. The summed E-state index contributed by atoms with van der Waals surface area (Å²) < 4.78 is 0. The van der Waals surface area contributed by atoms with Crippen LogP contribution in [0.3, 0.4) is 0 Å². The molecule has 3 nitrogen and oxygen atoms in total. The van der Waals surface area contributed by atoms with Crippen molar-refractivity contribution >= 4 is 29.2 Å². The SMILES string of the molecule is Clc1ccc(N=NC2C=[NH+]c3ccccc32)cc1. The number of azo groups is 1. The quantitative estimate of drug-likeness (QED) is 0.803. The second-order valence-corrected chi connectivity index (χ2v) is 4.47. The van der Waals surface area contributed by atoms with Gasteiger partial charge in [0.15, 0.2) is 12.3 Å². The Bertz CT molecular complexity index is 617. The predicted octanol–water partition coefficient (Wildman–Crippen LogP) is 2.96. The molecule has 1 aliphatic rings. The maximum Gasteiger partial charge on any atom is 0.209 e. The van der Waals surface area contributed by atoms with Crippen LogP contribution < -0.4 is 4.99 Å². The molecule has 1 atom stereocenters. The summed E-state index contributed by atoms with van der Waals surface area (Å²) in [5.41, 5.74) is 3.05. The van der Waals surface area contributed by atoms with E-state index in [-0.39, 0.29) is 6.04 Å². The zero-order chi connectivity index (χ0) is 12.4. The average Bonchev–Trinajstić information content (AvgIpc) is 2.82. The predicted molar refractivity (Wildman–Crippen MR) is 71.8 cm³/mol. The second kappa shape index (κ2) is 4.70. The van der Waals surface area contributed by atoms with Crippen molar-refractivity contribution in [3.05, 3.63) is 59.1 Å². The molecule has 0 spiro atoms. The molecular weight excluding hydrogens is 246 g/mol. The minimum absolute atomic E-state index is 0.0307. The van der Waals surface area contributed by atoms with Crippen LogP contribution in [0.1, 0.15) is 11.6 Å². The topological polar surface area (TPSA) is 38.7 Å². The van der Waals surface area contributed by atoms with Gasteiger partial charge in [0.2, 0.25) is 5.69 Å². The minimum Gasteiger partial charge on any atom is -0.213 e. The van der Waals surface area contributed by atoms with Gasteiger partial charge in [0.1, 0.15) is 0 Å². The lowest BCUT2D eigenvalue weighted by Gasteiger charge is -1.98. The summed E-state index contributed by atoms with van der Waals surface area (Å²) in [4.78, 5) is 3.20. The summed E-state index contributed by atoms with van der Waals surface area (Å²) in [7, 11) is 0. The van der Waals surface area contributed by atoms with Crippen molar-refractivity contribution < 1.29 is 4.99 Å². The van der Waals surface area contributed by atoms with Gasteiger partial charge in [-0.25, -0.2) is 4.99 Å². The van der Waals surface area contributed by atoms with Gasteiger partial charge in [0, 0.05) is 11.1 Å². The number of benzene rings is 2. The van der Waals surface area contributed by atoms with Crippen molar-refractivity contribution in [2.45, 2.75) is 6.04 Å². The van der Waals surface area contributed by atoms with Crippen LogP contribution in [0.25, 0.3) is 0 Å². The summed E-state index contributed by atoms with van der Waals surface area (Å²) in [5, 5.41) is 9.25. The summed E-state index contributed by atoms with van der Waals surface area (Å²) in [6.07, 6.45) is 1.93. The van der Waals surface area contributed by atoms with Crippen LogP contribution in [0.2, 0.25) is 5.02 Å². The van der Waals surface area contributed by atoms with Crippen LogP contribution in [0.15, 0.2) is 58.8 Å². The Labute approximate surface area is 110 Å². The Morgan fingerprint density at radius 1 is 1.00 bits per heavy atom. The van der Waals surface area contributed by atoms with E-state index in [0.29, 0.717) is 5.02 Å². The van der Waals surface area contributed by atoms with E-state index in [2.05, 4.69) is 21.3 Å². The molecule has 3 rings (SSSR count). The Balaban J connectivity index is 1.82. The summed E-state index contributed by atoms with van der Waals surface area (Å²) in [6, 6.07) is 15.4. The molecule has 0 fully saturated rings. The van der Waals surface area contributed by atoms with Gasteiger partial charge in [0.05, 0.1) is 11.3 Å². The molecule has 1 heterocycles. The van der Waals surface area contributed by atoms with Crippen LogP contribution in [0.4, 0.5) is 11.4 Å². The van der Waals surface area contributed by atoms with Gasteiger partial charge in [-0.1, -0.05) is 23.7 Å². The first-order valence-corrected chi connectivity index (χ1v) is 6.06. The molecule has 1 unspecified atom stereocenters. The summed E-state index contributed by atoms with van der Waals surface area (Å²) in [5.74, 6) is 0. The third-order valence-corrected chi connectivity index (χ3v) is 3.05. The third kappa shape index (κ3) is 2.17. The van der Waals surface area contributed by atoms with E-state index < -0.39 is 0 Å². The van der Waals surface area contributed by atoms with Crippen molar-refractivity contribution in [2.24, 2.45) is 10.2 Å². The molecule has 88 valence electrons. The molecule has 0 bridgehead atoms. The highest BCUT2D eigenvalue weighted by atomic mass is 35.5. The number of nitrogens with one attached hydrogen (secondary N) is 1. The molecule has 18 heavy (non-hydrogen) atoms. The van der Waals surface area contributed by atoms with Crippen molar-refractivity contribution in [3.63, 3.8) is 0 Å². The van der Waals surface area contributed by atoms with Crippen molar-refractivity contribution in [1.29, 1.82) is 0 Å². The van der Waals surface area contributed by atoms with Gasteiger partial charge in [0.25, 0.3) is 0 Å². The summed E-state index contributed by atoms with van der Waals surface area (Å²) in [6.45, 7) is 0. The lowest BCUT2D eigenvalue weighted by atomic mass is 10.1. The van der Waals surface area contributed by atoms with E-state index in [1.165, 1.54) is 0 Å². The van der Waals surface area contributed by atoms with Gasteiger partial charge < -0.3 is 0 Å². The lowest BCUT2D eigenvalue weighted by Crippen LogP contribution is -2.59. The Morgan fingerprint density at radius 2 is 1.78 bits per heavy atom. The Hall–Kier alpha value is -2.00. The summed E-state index contributed by atoms with van der Waals surface area (Å²) >= 11 is 5.82. The number of rotatable bonds is 2. The van der Waals surface area contributed by atoms with Crippen LogP contribution in [0, 0.1) is 0 Å². The Morgan fingerprint density at radius 3 is 2.61 bits per heavy atom. The smallest absolute Gasteiger partial charge is 0.209 e. The molecule has 0 saturated heterocycles. The van der Waals surface area contributed by atoms with Crippen LogP contribution >= 0.6 is 11.6 Å². The van der Waals surface area contributed by atoms with E-state index in [1.807, 2.05) is 36.5 Å². The molecule has 0 amide bonds. The van der Waals surface area contributed by atoms with E-state index >= 15 is 0 Å². The fourth-order valence-electron chi connectivity index (χ4n) is 1.88. The van der Waals surface area contributed by atoms with E-state index in [0.717, 1.165) is 16.9 Å². The molecule has 1 aliphatic heterocycles.